The molecule has 1 rings (SSSR count). The van der Waals surface area contributed by atoms with Crippen LogP contribution in [-0.2, 0) is 42.9 Å². The Morgan fingerprint density at radius 2 is 0.741 bits per heavy atom. The predicted octanol–water partition coefficient (Wildman–Crippen LogP) is 18.3. The van der Waals surface area contributed by atoms with Crippen LogP contribution in [0.4, 0.5) is 0 Å². The summed E-state index contributed by atoms with van der Waals surface area (Å²) < 4.78 is 28.5. The van der Waals surface area contributed by atoms with Gasteiger partial charge in [0, 0.05) is 19.3 Å². The lowest BCUT2D eigenvalue weighted by Crippen LogP contribution is -2.61. The molecule has 12 nitrogen and oxygen atoms in total. The summed E-state index contributed by atoms with van der Waals surface area (Å²) in [5, 5.41) is 31.6. The van der Waals surface area contributed by atoms with Gasteiger partial charge >= 0.3 is 23.9 Å². The van der Waals surface area contributed by atoms with Crippen molar-refractivity contribution in [2.75, 3.05) is 13.2 Å². The van der Waals surface area contributed by atoms with Crippen LogP contribution in [-0.4, -0.2) is 89.2 Å². The van der Waals surface area contributed by atoms with Crippen molar-refractivity contribution in [3.63, 3.8) is 0 Å². The van der Waals surface area contributed by atoms with Crippen LogP contribution in [0.5, 0.6) is 0 Å². The number of aliphatic carboxylic acids is 1. The van der Waals surface area contributed by atoms with Crippen LogP contribution >= 0.6 is 0 Å². The second-order valence-electron chi connectivity index (χ2n) is 22.3. The first-order valence-electron chi connectivity index (χ1n) is 33.5. The molecule has 6 unspecified atom stereocenters. The molecule has 0 amide bonds. The van der Waals surface area contributed by atoms with E-state index >= 15 is 0 Å². The zero-order chi connectivity index (χ0) is 61.7. The smallest absolute Gasteiger partial charge is 0.335 e. The quantitative estimate of drug-likeness (QED) is 0.0228. The third-order valence-electron chi connectivity index (χ3n) is 14.5. The number of carbonyl (C=O) groups is 4. The van der Waals surface area contributed by atoms with Crippen LogP contribution < -0.4 is 0 Å². The molecule has 0 aromatic carbocycles. The van der Waals surface area contributed by atoms with Crippen molar-refractivity contribution in [1.29, 1.82) is 0 Å². The SMILES string of the molecule is CC/C=C\C/C=C\C/C=C\C/C=C\C/C=C\CCCCCC(=O)OCC(COC1OC(C(=O)O)C(O)C(O)C1OC(=O)CCCCCCCCC/C=C\C/C=C\C/C=C\CC)OC(=O)CCCCCCCCCCC/C=C\C/C=C\CCCCC. The molecule has 1 heterocycles. The van der Waals surface area contributed by atoms with Crippen LogP contribution in [0.25, 0.3) is 0 Å². The molecule has 3 N–H and O–H groups in total. The second kappa shape index (κ2) is 59.5. The van der Waals surface area contributed by atoms with Gasteiger partial charge in [0.15, 0.2) is 24.6 Å². The molecule has 0 aliphatic carbocycles. The highest BCUT2D eigenvalue weighted by molar-refractivity contribution is 5.74. The summed E-state index contributed by atoms with van der Waals surface area (Å²) in [6.07, 6.45) is 70.0. The maximum atomic E-state index is 13.2. The van der Waals surface area contributed by atoms with Gasteiger partial charge in [-0.05, 0) is 128 Å². The van der Waals surface area contributed by atoms with E-state index in [9.17, 15) is 34.5 Å². The first-order chi connectivity index (χ1) is 41.6. The summed E-state index contributed by atoms with van der Waals surface area (Å²) in [6.45, 7) is 5.73. The number of aliphatic hydroxyl groups is 2. The van der Waals surface area contributed by atoms with Gasteiger partial charge < -0.3 is 39.0 Å². The van der Waals surface area contributed by atoms with Crippen molar-refractivity contribution in [3.8, 4) is 0 Å². The molecule has 0 bridgehead atoms. The highest BCUT2D eigenvalue weighted by Crippen LogP contribution is 2.26. The predicted molar refractivity (Wildman–Crippen MR) is 349 cm³/mol. The molecular formula is C73H118O12. The molecule has 0 spiro atoms. The molecule has 1 fully saturated rings. The topological polar surface area (TPSA) is 175 Å². The minimum absolute atomic E-state index is 0.0397. The Bertz CT molecular complexity index is 1940. The first-order valence-corrected chi connectivity index (χ1v) is 33.5. The molecule has 0 saturated carbocycles. The number of rotatable bonds is 56. The minimum atomic E-state index is -1.92. The number of carbonyl (C=O) groups excluding carboxylic acids is 3. The monoisotopic (exact) mass is 1190 g/mol. The van der Waals surface area contributed by atoms with Crippen molar-refractivity contribution in [1.82, 2.24) is 0 Å². The van der Waals surface area contributed by atoms with Gasteiger partial charge in [0.05, 0.1) is 6.61 Å². The van der Waals surface area contributed by atoms with E-state index < -0.39 is 67.3 Å². The fourth-order valence-corrected chi connectivity index (χ4v) is 9.44. The molecule has 482 valence electrons. The molecule has 0 aromatic heterocycles. The van der Waals surface area contributed by atoms with Crippen LogP contribution in [0.3, 0.4) is 0 Å². The summed E-state index contributed by atoms with van der Waals surface area (Å²) in [4.78, 5) is 51.4. The van der Waals surface area contributed by atoms with Gasteiger partial charge in [-0.2, -0.15) is 0 Å². The molecular weight excluding hydrogens is 1070 g/mol. The second-order valence-corrected chi connectivity index (χ2v) is 22.3. The van der Waals surface area contributed by atoms with E-state index in [1.807, 2.05) is 0 Å². The normalized spacial score (nSPS) is 18.2. The van der Waals surface area contributed by atoms with Gasteiger partial charge in [-0.15, -0.1) is 0 Å². The fraction of sp³-hybridized carbons (Fsp3) is 0.671. The minimum Gasteiger partial charge on any atom is -0.479 e. The number of carboxylic acids is 1. The molecule has 1 aliphatic heterocycles. The number of hydrogen-bond acceptors (Lipinski definition) is 11. The summed E-state index contributed by atoms with van der Waals surface area (Å²) in [5.41, 5.74) is 0. The van der Waals surface area contributed by atoms with Gasteiger partial charge in [-0.3, -0.25) is 14.4 Å². The van der Waals surface area contributed by atoms with E-state index in [1.54, 1.807) is 0 Å². The zero-order valence-corrected chi connectivity index (χ0v) is 53.3. The third-order valence-corrected chi connectivity index (χ3v) is 14.5. The van der Waals surface area contributed by atoms with Crippen molar-refractivity contribution in [2.24, 2.45) is 0 Å². The van der Waals surface area contributed by atoms with Gasteiger partial charge in [0.2, 0.25) is 0 Å². The van der Waals surface area contributed by atoms with Gasteiger partial charge in [-0.1, -0.05) is 239 Å². The lowest BCUT2D eigenvalue weighted by atomic mass is 9.98. The van der Waals surface area contributed by atoms with E-state index in [0.717, 1.165) is 154 Å². The number of hydrogen-bond donors (Lipinski definition) is 3. The Hall–Kier alpha value is -4.88. The van der Waals surface area contributed by atoms with Crippen molar-refractivity contribution >= 4 is 23.9 Å². The third kappa shape index (κ3) is 48.9. The Labute approximate surface area is 516 Å². The van der Waals surface area contributed by atoms with Crippen LogP contribution in [0.1, 0.15) is 265 Å². The van der Waals surface area contributed by atoms with Gasteiger partial charge in [0.1, 0.15) is 18.8 Å². The fourth-order valence-electron chi connectivity index (χ4n) is 9.44. The average molecular weight is 1190 g/mol. The van der Waals surface area contributed by atoms with E-state index in [1.165, 1.54) is 51.4 Å². The number of unbranched alkanes of at least 4 members (excludes halogenated alkanes) is 22. The average Bonchev–Trinajstić information content (AvgIpc) is 3.46. The van der Waals surface area contributed by atoms with Gasteiger partial charge in [0.25, 0.3) is 0 Å². The lowest BCUT2D eigenvalue weighted by molar-refractivity contribution is -0.301. The van der Waals surface area contributed by atoms with E-state index in [-0.39, 0.29) is 25.9 Å². The highest BCUT2D eigenvalue weighted by Gasteiger charge is 2.50. The number of carboxylic acid groups (broad SMARTS) is 1. The van der Waals surface area contributed by atoms with Crippen molar-refractivity contribution < 1.29 is 58.2 Å². The van der Waals surface area contributed by atoms with Crippen LogP contribution in [0.15, 0.2) is 122 Å². The van der Waals surface area contributed by atoms with E-state index in [0.29, 0.717) is 19.3 Å². The molecule has 6 atom stereocenters. The van der Waals surface area contributed by atoms with Crippen LogP contribution in [0, 0.1) is 0 Å². The zero-order valence-electron chi connectivity index (χ0n) is 53.3. The molecule has 1 saturated heterocycles. The number of aliphatic hydroxyl groups excluding tert-OH is 2. The maximum absolute atomic E-state index is 13.2. The van der Waals surface area contributed by atoms with E-state index in [2.05, 4.69) is 142 Å². The molecule has 0 aromatic rings. The highest BCUT2D eigenvalue weighted by atomic mass is 16.7. The van der Waals surface area contributed by atoms with Crippen molar-refractivity contribution in [3.05, 3.63) is 122 Å². The Morgan fingerprint density at radius 3 is 1.14 bits per heavy atom. The Morgan fingerprint density at radius 1 is 0.400 bits per heavy atom. The lowest BCUT2D eigenvalue weighted by Gasteiger charge is -2.40. The summed E-state index contributed by atoms with van der Waals surface area (Å²) in [5.74, 6) is -3.18. The summed E-state index contributed by atoms with van der Waals surface area (Å²) >= 11 is 0. The first kappa shape index (κ1) is 78.1. The Kier molecular flexibility index (Phi) is 54.6. The molecule has 85 heavy (non-hydrogen) atoms. The molecule has 12 heteroatoms. The standard InChI is InChI=1S/C73H118O12/c1-4-7-10-13-16-19-22-25-28-31-33-36-38-41-44-47-50-53-56-59-65(74)81-62-64(83-66(75)60-57-54-51-48-45-42-40-37-34-32-29-26-23-20-17-14-11-8-5-2)63-82-73-71(69(78)68(77)70(85-73)72(79)80)84-67(76)61-58-55-52-49-46-43-39-35-30-27-24-21-18-15-12-9-6-3/h7,9-10,12,16-21,25-30,33,36,41,44,64,68-71,73,77-78H,4-6,8,11,13-15,22-24,31-32,34-35,37-40,42-43,45-63H2,1-3H3,(H,79,80)/b10-7-,12-9-,19-16-,20-17-,21-18-,28-25-,29-26-,30-27-,36-33-,44-41-. The number of ether oxygens (including phenoxy) is 5. The maximum Gasteiger partial charge on any atom is 0.335 e. The molecule has 0 radical (unpaired) electrons. The van der Waals surface area contributed by atoms with Crippen molar-refractivity contribution in [2.45, 2.75) is 302 Å². The van der Waals surface area contributed by atoms with E-state index in [4.69, 9.17) is 23.7 Å². The summed E-state index contributed by atoms with van der Waals surface area (Å²) in [7, 11) is 0. The molecule has 1 aliphatic rings. The van der Waals surface area contributed by atoms with Gasteiger partial charge in [-0.25, -0.2) is 4.79 Å². The number of esters is 3. The largest absolute Gasteiger partial charge is 0.479 e. The summed E-state index contributed by atoms with van der Waals surface area (Å²) in [6, 6.07) is 0. The Balaban J connectivity index is 2.69. The number of allylic oxidation sites excluding steroid dienone is 20. The van der Waals surface area contributed by atoms with Crippen LogP contribution in [0.2, 0.25) is 0 Å².